The molecule has 0 radical (unpaired) electrons. The van der Waals surface area contributed by atoms with E-state index in [1.165, 1.54) is 38.5 Å². The van der Waals surface area contributed by atoms with Gasteiger partial charge in [0.2, 0.25) is 5.91 Å². The molecule has 0 saturated heterocycles. The smallest absolute Gasteiger partial charge is 0.233 e. The average Bonchev–Trinajstić information content (AvgIpc) is 2.41. The summed E-state index contributed by atoms with van der Waals surface area (Å²) in [6.07, 6.45) is 9.06. The second-order valence-electron chi connectivity index (χ2n) is 5.17. The normalized spacial score (nSPS) is 16.7. The number of carbonyl (C=O) groups excluding carboxylic acids is 1. The fraction of sp³-hybridized carbons (Fsp3) is 0.929. The lowest BCUT2D eigenvalue weighted by atomic mass is 9.87. The van der Waals surface area contributed by atoms with Crippen LogP contribution in [0.2, 0.25) is 0 Å². The third-order valence-corrected chi connectivity index (χ3v) is 3.59. The van der Waals surface area contributed by atoms with Gasteiger partial charge in [-0.2, -0.15) is 0 Å². The predicted octanol–water partition coefficient (Wildman–Crippen LogP) is 1.70. The van der Waals surface area contributed by atoms with E-state index in [9.17, 15) is 4.79 Å². The van der Waals surface area contributed by atoms with Crippen molar-refractivity contribution in [2.75, 3.05) is 33.4 Å². The molecule has 2 N–H and O–H groups in total. The summed E-state index contributed by atoms with van der Waals surface area (Å²) in [4.78, 5) is 11.4. The highest BCUT2D eigenvalue weighted by Gasteiger charge is 2.12. The van der Waals surface area contributed by atoms with Gasteiger partial charge in [0.25, 0.3) is 0 Å². The maximum atomic E-state index is 11.4. The van der Waals surface area contributed by atoms with Crippen LogP contribution in [0.1, 0.15) is 44.9 Å². The summed E-state index contributed by atoms with van der Waals surface area (Å²) in [5.74, 6) is 0.978. The molecule has 0 aromatic heterocycles. The van der Waals surface area contributed by atoms with Crippen LogP contribution in [0.5, 0.6) is 0 Å². The Morgan fingerprint density at radius 3 is 2.72 bits per heavy atom. The monoisotopic (exact) mass is 256 g/mol. The van der Waals surface area contributed by atoms with Crippen LogP contribution >= 0.6 is 0 Å². The summed E-state index contributed by atoms with van der Waals surface area (Å²) < 4.78 is 4.92. The van der Waals surface area contributed by atoms with Crippen molar-refractivity contribution in [2.45, 2.75) is 44.9 Å². The SMILES string of the molecule is COCCCNC(=O)CNCCC1CCCCC1. The van der Waals surface area contributed by atoms with Crippen molar-refractivity contribution in [3.63, 3.8) is 0 Å². The first-order valence-electron chi connectivity index (χ1n) is 7.29. The van der Waals surface area contributed by atoms with Gasteiger partial charge in [0.1, 0.15) is 0 Å². The van der Waals surface area contributed by atoms with Crippen LogP contribution in [0.25, 0.3) is 0 Å². The highest BCUT2D eigenvalue weighted by Crippen LogP contribution is 2.25. The van der Waals surface area contributed by atoms with E-state index in [1.807, 2.05) is 0 Å². The molecule has 106 valence electrons. The van der Waals surface area contributed by atoms with Crippen LogP contribution in [0.3, 0.4) is 0 Å². The Morgan fingerprint density at radius 2 is 2.00 bits per heavy atom. The van der Waals surface area contributed by atoms with E-state index in [-0.39, 0.29) is 5.91 Å². The molecule has 1 aliphatic carbocycles. The van der Waals surface area contributed by atoms with E-state index >= 15 is 0 Å². The quantitative estimate of drug-likeness (QED) is 0.617. The summed E-state index contributed by atoms with van der Waals surface area (Å²) >= 11 is 0. The van der Waals surface area contributed by atoms with Crippen molar-refractivity contribution in [2.24, 2.45) is 5.92 Å². The molecule has 1 fully saturated rings. The number of rotatable bonds is 9. The lowest BCUT2D eigenvalue weighted by molar-refractivity contribution is -0.120. The number of carbonyl (C=O) groups is 1. The zero-order valence-electron chi connectivity index (χ0n) is 11.7. The number of nitrogens with one attached hydrogen (secondary N) is 2. The molecule has 18 heavy (non-hydrogen) atoms. The zero-order chi connectivity index (χ0) is 13.1. The van der Waals surface area contributed by atoms with Crippen molar-refractivity contribution >= 4 is 5.91 Å². The molecule has 4 nitrogen and oxygen atoms in total. The molecule has 1 aliphatic rings. The summed E-state index contributed by atoms with van der Waals surface area (Å²) in [6.45, 7) is 2.82. The number of methoxy groups -OCH3 is 1. The van der Waals surface area contributed by atoms with Gasteiger partial charge in [0.05, 0.1) is 6.54 Å². The molecule has 1 amide bonds. The summed E-state index contributed by atoms with van der Waals surface area (Å²) in [7, 11) is 1.68. The second-order valence-corrected chi connectivity index (χ2v) is 5.17. The van der Waals surface area contributed by atoms with Crippen LogP contribution in [0.15, 0.2) is 0 Å². The largest absolute Gasteiger partial charge is 0.385 e. The average molecular weight is 256 g/mol. The summed E-state index contributed by atoms with van der Waals surface area (Å²) in [5, 5.41) is 6.10. The summed E-state index contributed by atoms with van der Waals surface area (Å²) in [5.41, 5.74) is 0. The molecular weight excluding hydrogens is 228 g/mol. The molecule has 0 spiro atoms. The molecule has 1 saturated carbocycles. The molecule has 4 heteroatoms. The first kappa shape index (κ1) is 15.4. The van der Waals surface area contributed by atoms with Gasteiger partial charge < -0.3 is 15.4 Å². The molecule has 0 aromatic rings. The maximum absolute atomic E-state index is 11.4. The third-order valence-electron chi connectivity index (χ3n) is 3.59. The van der Waals surface area contributed by atoms with Crippen molar-refractivity contribution in [1.29, 1.82) is 0 Å². The molecule has 0 heterocycles. The van der Waals surface area contributed by atoms with Gasteiger partial charge in [-0.1, -0.05) is 32.1 Å². The fourth-order valence-electron chi connectivity index (χ4n) is 2.49. The minimum Gasteiger partial charge on any atom is -0.385 e. The lowest BCUT2D eigenvalue weighted by Crippen LogP contribution is -2.35. The molecule has 0 aromatic carbocycles. The molecule has 0 atom stereocenters. The van der Waals surface area contributed by atoms with Gasteiger partial charge >= 0.3 is 0 Å². The van der Waals surface area contributed by atoms with Crippen molar-refractivity contribution in [1.82, 2.24) is 10.6 Å². The Balaban J connectivity index is 1.88. The summed E-state index contributed by atoms with van der Waals surface area (Å²) in [6, 6.07) is 0. The van der Waals surface area contributed by atoms with Gasteiger partial charge in [-0.15, -0.1) is 0 Å². The molecule has 0 bridgehead atoms. The van der Waals surface area contributed by atoms with E-state index in [1.54, 1.807) is 7.11 Å². The second kappa shape index (κ2) is 10.3. The third kappa shape index (κ3) is 7.67. The predicted molar refractivity (Wildman–Crippen MR) is 73.6 cm³/mol. The Kier molecular flexibility index (Phi) is 8.86. The van der Waals surface area contributed by atoms with Crippen LogP contribution in [0, 0.1) is 5.92 Å². The zero-order valence-corrected chi connectivity index (χ0v) is 11.7. The Morgan fingerprint density at radius 1 is 1.22 bits per heavy atom. The van der Waals surface area contributed by atoms with E-state index in [4.69, 9.17) is 4.74 Å². The van der Waals surface area contributed by atoms with E-state index in [0.29, 0.717) is 19.7 Å². The molecular formula is C14H28N2O2. The van der Waals surface area contributed by atoms with Gasteiger partial charge in [-0.05, 0) is 25.3 Å². The fourth-order valence-corrected chi connectivity index (χ4v) is 2.49. The number of hydrogen-bond donors (Lipinski definition) is 2. The van der Waals surface area contributed by atoms with Gasteiger partial charge in [-0.3, -0.25) is 4.79 Å². The van der Waals surface area contributed by atoms with Crippen molar-refractivity contribution < 1.29 is 9.53 Å². The van der Waals surface area contributed by atoms with Crippen LogP contribution in [-0.4, -0.2) is 39.3 Å². The highest BCUT2D eigenvalue weighted by molar-refractivity contribution is 5.77. The minimum absolute atomic E-state index is 0.0924. The van der Waals surface area contributed by atoms with E-state index in [0.717, 1.165) is 18.9 Å². The van der Waals surface area contributed by atoms with E-state index in [2.05, 4.69) is 10.6 Å². The number of amides is 1. The first-order chi connectivity index (χ1) is 8.83. The Bertz CT molecular complexity index is 216. The Hall–Kier alpha value is -0.610. The topological polar surface area (TPSA) is 50.4 Å². The number of hydrogen-bond acceptors (Lipinski definition) is 3. The first-order valence-corrected chi connectivity index (χ1v) is 7.29. The maximum Gasteiger partial charge on any atom is 0.233 e. The van der Waals surface area contributed by atoms with Crippen molar-refractivity contribution in [3.8, 4) is 0 Å². The van der Waals surface area contributed by atoms with Crippen LogP contribution < -0.4 is 10.6 Å². The lowest BCUT2D eigenvalue weighted by Gasteiger charge is -2.21. The van der Waals surface area contributed by atoms with Crippen molar-refractivity contribution in [3.05, 3.63) is 0 Å². The molecule has 1 rings (SSSR count). The molecule has 0 aliphatic heterocycles. The van der Waals surface area contributed by atoms with Gasteiger partial charge in [0.15, 0.2) is 0 Å². The minimum atomic E-state index is 0.0924. The van der Waals surface area contributed by atoms with Crippen LogP contribution in [0.4, 0.5) is 0 Å². The number of ether oxygens (including phenoxy) is 1. The molecule has 0 unspecified atom stereocenters. The van der Waals surface area contributed by atoms with Gasteiger partial charge in [-0.25, -0.2) is 0 Å². The van der Waals surface area contributed by atoms with Gasteiger partial charge in [0, 0.05) is 20.3 Å². The van der Waals surface area contributed by atoms with E-state index < -0.39 is 0 Å². The highest BCUT2D eigenvalue weighted by atomic mass is 16.5. The standard InChI is InChI=1S/C14H28N2O2/c1-18-11-5-9-16-14(17)12-15-10-8-13-6-3-2-4-7-13/h13,15H,2-12H2,1H3,(H,16,17). The van der Waals surface area contributed by atoms with Crippen LogP contribution in [-0.2, 0) is 9.53 Å². The Labute approximate surface area is 111 Å².